The van der Waals surface area contributed by atoms with Crippen LogP contribution in [0.25, 0.3) is 0 Å². The van der Waals surface area contributed by atoms with E-state index in [9.17, 15) is 0 Å². The lowest BCUT2D eigenvalue weighted by Crippen LogP contribution is -1.96. The fourth-order valence-electron chi connectivity index (χ4n) is 1.05. The molecule has 1 unspecified atom stereocenters. The van der Waals surface area contributed by atoms with E-state index in [4.69, 9.17) is 11.7 Å². The van der Waals surface area contributed by atoms with Crippen LogP contribution in [-0.4, -0.2) is 4.98 Å². The van der Waals surface area contributed by atoms with E-state index in [-0.39, 0.29) is 5.92 Å². The Labute approximate surface area is 92.0 Å². The lowest BCUT2D eigenvalue weighted by Gasteiger charge is -2.05. The summed E-state index contributed by atoms with van der Waals surface area (Å²) in [4.78, 5) is 4.16. The summed E-state index contributed by atoms with van der Waals surface area (Å²) in [7, 11) is 0. The summed E-state index contributed by atoms with van der Waals surface area (Å²) in [6.45, 7) is 5.96. The topological polar surface area (TPSA) is 36.7 Å². The minimum absolute atomic E-state index is 0.151. The van der Waals surface area contributed by atoms with Gasteiger partial charge in [-0.2, -0.15) is 5.26 Å². The maximum Gasteiger partial charge on any atom is 0.0628 e. The Bertz CT molecular complexity index is 369. The number of nitrogens with zero attached hydrogens (tertiary/aromatic N) is 2. The lowest BCUT2D eigenvalue weighted by atomic mass is 10.0. The Hall–Kier alpha value is -1.80. The van der Waals surface area contributed by atoms with Crippen molar-refractivity contribution in [1.29, 1.82) is 5.26 Å². The summed E-state index contributed by atoms with van der Waals surface area (Å²) in [5.74, 6) is 2.69. The molecule has 78 valence electrons. The van der Waals surface area contributed by atoms with Gasteiger partial charge in [0.05, 0.1) is 6.07 Å². The molecule has 15 heavy (non-hydrogen) atoms. The number of hydrogen-bond acceptors (Lipinski definition) is 2. The predicted molar refractivity (Wildman–Crippen MR) is 62.2 cm³/mol. The summed E-state index contributed by atoms with van der Waals surface area (Å²) in [6.07, 6.45) is 7.40. The fraction of sp³-hybridized carbons (Fsp3) is 0.385. The quantitative estimate of drug-likeness (QED) is 0.688. The van der Waals surface area contributed by atoms with Gasteiger partial charge in [-0.1, -0.05) is 26.7 Å². The molecule has 1 atom stereocenters. The van der Waals surface area contributed by atoms with Crippen molar-refractivity contribution in [2.24, 2.45) is 0 Å². The fourth-order valence-corrected chi connectivity index (χ4v) is 1.05. The highest BCUT2D eigenvalue weighted by Gasteiger charge is 2.05. The van der Waals surface area contributed by atoms with E-state index in [1.165, 1.54) is 0 Å². The molecule has 0 spiro atoms. The first kappa shape index (κ1) is 13.2. The average Bonchev–Trinajstić information content (AvgIpc) is 2.32. The molecule has 2 heteroatoms. The summed E-state index contributed by atoms with van der Waals surface area (Å²) in [5, 5.41) is 8.51. The molecule has 0 aliphatic heterocycles. The van der Waals surface area contributed by atoms with Gasteiger partial charge in [-0.25, -0.2) is 0 Å². The molecule has 1 aromatic heterocycles. The van der Waals surface area contributed by atoms with Crippen LogP contribution >= 0.6 is 0 Å². The van der Waals surface area contributed by atoms with Gasteiger partial charge < -0.3 is 0 Å². The second kappa shape index (κ2) is 7.59. The second-order valence-electron chi connectivity index (χ2n) is 2.88. The van der Waals surface area contributed by atoms with Gasteiger partial charge in [0.1, 0.15) is 0 Å². The molecule has 0 fully saturated rings. The van der Waals surface area contributed by atoms with E-state index in [0.29, 0.717) is 6.42 Å². The Balaban J connectivity index is 0.000000921. The number of rotatable bonds is 2. The minimum atomic E-state index is 0.151. The van der Waals surface area contributed by atoms with Crippen molar-refractivity contribution in [2.45, 2.75) is 33.1 Å². The monoisotopic (exact) mass is 200 g/mol. The lowest BCUT2D eigenvalue weighted by molar-refractivity contribution is 0.756. The summed E-state index contributed by atoms with van der Waals surface area (Å²) >= 11 is 0. The van der Waals surface area contributed by atoms with Gasteiger partial charge in [0.2, 0.25) is 0 Å². The van der Waals surface area contributed by atoms with E-state index in [1.54, 1.807) is 12.3 Å². The van der Waals surface area contributed by atoms with Gasteiger partial charge in [0.25, 0.3) is 0 Å². The third-order valence-electron chi connectivity index (χ3n) is 1.85. The van der Waals surface area contributed by atoms with Crippen LogP contribution in [0.15, 0.2) is 18.3 Å². The third kappa shape index (κ3) is 4.29. The van der Waals surface area contributed by atoms with Crippen molar-refractivity contribution in [3.8, 4) is 18.4 Å². The number of terminal acetylenes is 1. The van der Waals surface area contributed by atoms with Crippen molar-refractivity contribution in [3.63, 3.8) is 0 Å². The number of hydrogen-bond donors (Lipinski definition) is 0. The minimum Gasteiger partial charge on any atom is -0.261 e. The van der Waals surface area contributed by atoms with Crippen LogP contribution in [0.3, 0.4) is 0 Å². The first-order valence-electron chi connectivity index (χ1n) is 5.07. The van der Waals surface area contributed by atoms with Gasteiger partial charge in [-0.3, -0.25) is 4.98 Å². The first-order chi connectivity index (χ1) is 7.27. The molecule has 0 radical (unpaired) electrons. The van der Waals surface area contributed by atoms with Crippen LogP contribution < -0.4 is 0 Å². The molecule has 1 rings (SSSR count). The van der Waals surface area contributed by atoms with Crippen molar-refractivity contribution >= 4 is 0 Å². The van der Waals surface area contributed by atoms with Crippen LogP contribution in [0, 0.1) is 23.7 Å². The molecular weight excluding hydrogens is 184 g/mol. The van der Waals surface area contributed by atoms with Crippen molar-refractivity contribution in [1.82, 2.24) is 4.98 Å². The third-order valence-corrected chi connectivity index (χ3v) is 1.85. The van der Waals surface area contributed by atoms with E-state index < -0.39 is 0 Å². The SMILES string of the molecule is C#Cc1ccnc(C(C)CC#N)c1.CC. The molecule has 1 aromatic rings. The Morgan fingerprint density at radius 2 is 2.20 bits per heavy atom. The molecule has 1 heterocycles. The maximum atomic E-state index is 8.51. The molecule has 0 amide bonds. The number of aromatic nitrogens is 1. The second-order valence-corrected chi connectivity index (χ2v) is 2.88. The predicted octanol–water partition coefficient (Wildman–Crippen LogP) is 3.11. The summed E-state index contributed by atoms with van der Waals surface area (Å²) in [5.41, 5.74) is 1.70. The van der Waals surface area contributed by atoms with Gasteiger partial charge in [-0.15, -0.1) is 6.42 Å². The molecule has 0 N–H and O–H groups in total. The van der Waals surface area contributed by atoms with Crippen LogP contribution in [0.4, 0.5) is 0 Å². The number of pyridine rings is 1. The summed E-state index contributed by atoms with van der Waals surface area (Å²) in [6, 6.07) is 5.74. The van der Waals surface area contributed by atoms with Crippen LogP contribution in [0.2, 0.25) is 0 Å². The largest absolute Gasteiger partial charge is 0.261 e. The highest BCUT2D eigenvalue weighted by Crippen LogP contribution is 2.16. The van der Waals surface area contributed by atoms with Crippen molar-refractivity contribution < 1.29 is 0 Å². The Morgan fingerprint density at radius 1 is 1.53 bits per heavy atom. The smallest absolute Gasteiger partial charge is 0.0628 e. The molecular formula is C13H16N2. The zero-order chi connectivity index (χ0) is 11.7. The highest BCUT2D eigenvalue weighted by molar-refractivity contribution is 5.32. The van der Waals surface area contributed by atoms with Crippen LogP contribution in [-0.2, 0) is 0 Å². The van der Waals surface area contributed by atoms with Gasteiger partial charge in [-0.05, 0) is 12.1 Å². The molecule has 0 saturated carbocycles. The zero-order valence-corrected chi connectivity index (χ0v) is 9.49. The maximum absolute atomic E-state index is 8.51. The van der Waals surface area contributed by atoms with Crippen molar-refractivity contribution in [3.05, 3.63) is 29.6 Å². The van der Waals surface area contributed by atoms with Gasteiger partial charge in [0, 0.05) is 29.8 Å². The zero-order valence-electron chi connectivity index (χ0n) is 9.49. The molecule has 0 bridgehead atoms. The molecule has 0 aliphatic rings. The van der Waals surface area contributed by atoms with E-state index >= 15 is 0 Å². The van der Waals surface area contributed by atoms with Crippen LogP contribution in [0.1, 0.15) is 44.4 Å². The Kier molecular flexibility index (Phi) is 6.68. The Morgan fingerprint density at radius 3 is 2.73 bits per heavy atom. The highest BCUT2D eigenvalue weighted by atomic mass is 14.7. The summed E-state index contributed by atoms with van der Waals surface area (Å²) < 4.78 is 0. The van der Waals surface area contributed by atoms with Gasteiger partial charge >= 0.3 is 0 Å². The van der Waals surface area contributed by atoms with Crippen LogP contribution in [0.5, 0.6) is 0 Å². The van der Waals surface area contributed by atoms with E-state index in [1.807, 2.05) is 26.8 Å². The van der Waals surface area contributed by atoms with Crippen molar-refractivity contribution in [2.75, 3.05) is 0 Å². The normalized spacial score (nSPS) is 10.2. The van der Waals surface area contributed by atoms with E-state index in [0.717, 1.165) is 11.3 Å². The first-order valence-corrected chi connectivity index (χ1v) is 5.07. The average molecular weight is 200 g/mol. The standard InChI is InChI=1S/C11H10N2.C2H6/c1-3-10-5-7-13-11(8-10)9(2)4-6-12;1-2/h1,5,7-9H,4H2,2H3;1-2H3. The molecule has 2 nitrogen and oxygen atoms in total. The van der Waals surface area contributed by atoms with E-state index in [2.05, 4.69) is 17.0 Å². The molecule has 0 saturated heterocycles. The van der Waals surface area contributed by atoms with Gasteiger partial charge in [0.15, 0.2) is 0 Å². The molecule has 0 aromatic carbocycles. The number of nitriles is 1. The molecule has 0 aliphatic carbocycles.